The summed E-state index contributed by atoms with van der Waals surface area (Å²) >= 11 is 11.8. The molecule has 1 aliphatic carbocycles. The van der Waals surface area contributed by atoms with Crippen molar-refractivity contribution in [2.45, 2.75) is 25.4 Å². The molecule has 4 rings (SSSR count). The van der Waals surface area contributed by atoms with Crippen LogP contribution in [0.5, 0.6) is 5.88 Å². The molecule has 2 fully saturated rings. The fraction of sp³-hybridized carbons (Fsp3) is 0.526. The molecule has 12 heteroatoms. The number of hydrogen-bond donors (Lipinski definition) is 1. The minimum atomic E-state index is -0.486. The van der Waals surface area contributed by atoms with Crippen molar-refractivity contribution in [3.05, 3.63) is 38.8 Å². The van der Waals surface area contributed by atoms with E-state index in [1.54, 1.807) is 13.2 Å². The summed E-state index contributed by atoms with van der Waals surface area (Å²) in [4.78, 5) is 25.2. The molecular formula is C19H22Cl2N6O4. The molecule has 1 saturated heterocycles. The lowest BCUT2D eigenvalue weighted by Gasteiger charge is -2.58. The molecular weight excluding hydrogens is 447 g/mol. The molecule has 0 atom stereocenters. The van der Waals surface area contributed by atoms with E-state index in [1.165, 1.54) is 12.3 Å². The first-order chi connectivity index (χ1) is 14.9. The smallest absolute Gasteiger partial charge is 0.331 e. The molecule has 2 aromatic heterocycles. The second-order valence-corrected chi connectivity index (χ2v) is 8.58. The number of anilines is 2. The highest BCUT2D eigenvalue weighted by molar-refractivity contribution is 6.33. The van der Waals surface area contributed by atoms with Crippen molar-refractivity contribution in [2.75, 3.05) is 43.6 Å². The van der Waals surface area contributed by atoms with Crippen LogP contribution in [-0.2, 0) is 4.74 Å². The third kappa shape index (κ3) is 4.76. The van der Waals surface area contributed by atoms with Crippen LogP contribution >= 0.6 is 23.2 Å². The first-order valence-electron chi connectivity index (χ1n) is 9.87. The predicted molar refractivity (Wildman–Crippen MR) is 116 cm³/mol. The Bertz CT molecular complexity index is 964. The van der Waals surface area contributed by atoms with E-state index in [9.17, 15) is 10.1 Å². The lowest BCUT2D eigenvalue weighted by atomic mass is 9.62. The molecule has 0 amide bonds. The van der Waals surface area contributed by atoms with Gasteiger partial charge in [0.2, 0.25) is 5.28 Å². The van der Waals surface area contributed by atoms with Crippen molar-refractivity contribution < 1.29 is 14.4 Å². The Labute approximate surface area is 189 Å². The molecule has 1 N–H and O–H groups in total. The lowest BCUT2D eigenvalue weighted by Crippen LogP contribution is -2.64. The summed E-state index contributed by atoms with van der Waals surface area (Å²) in [5.41, 5.74) is 0.141. The van der Waals surface area contributed by atoms with Gasteiger partial charge in [0, 0.05) is 38.2 Å². The second-order valence-electron chi connectivity index (χ2n) is 7.84. The van der Waals surface area contributed by atoms with Crippen LogP contribution in [0, 0.1) is 15.5 Å². The highest BCUT2D eigenvalue weighted by atomic mass is 35.5. The zero-order chi connectivity index (χ0) is 22.0. The molecule has 0 unspecified atom stereocenters. The summed E-state index contributed by atoms with van der Waals surface area (Å²) in [6.07, 6.45) is 4.39. The van der Waals surface area contributed by atoms with E-state index in [1.807, 2.05) is 0 Å². The summed E-state index contributed by atoms with van der Waals surface area (Å²) in [5.74, 6) is 1.13. The molecule has 10 nitrogen and oxygen atoms in total. The van der Waals surface area contributed by atoms with Crippen molar-refractivity contribution >= 4 is 40.5 Å². The van der Waals surface area contributed by atoms with Gasteiger partial charge < -0.3 is 19.7 Å². The van der Waals surface area contributed by atoms with Crippen LogP contribution in [0.2, 0.25) is 10.3 Å². The summed E-state index contributed by atoms with van der Waals surface area (Å²) < 4.78 is 11.0. The fourth-order valence-electron chi connectivity index (χ4n) is 4.02. The summed E-state index contributed by atoms with van der Waals surface area (Å²) in [7, 11) is 1.74. The van der Waals surface area contributed by atoms with E-state index in [0.29, 0.717) is 41.1 Å². The summed E-state index contributed by atoms with van der Waals surface area (Å²) in [6, 6.07) is 3.12. The van der Waals surface area contributed by atoms with E-state index in [-0.39, 0.29) is 23.5 Å². The zero-order valence-corrected chi connectivity index (χ0v) is 18.4. The number of hydrogen-bond acceptors (Lipinski definition) is 9. The van der Waals surface area contributed by atoms with Gasteiger partial charge in [0.15, 0.2) is 0 Å². The molecule has 1 spiro atoms. The predicted octanol–water partition coefficient (Wildman–Crippen LogP) is 3.58. The monoisotopic (exact) mass is 468 g/mol. The SMILES string of the molecule is COC1CC2(C1)CN(c1ccc([N+](=O)[O-])c(OCCCNc3nc(Cl)ncc3Cl)n1)C2. The Morgan fingerprint density at radius 1 is 1.32 bits per heavy atom. The Balaban J connectivity index is 1.31. The third-order valence-corrected chi connectivity index (χ3v) is 6.08. The van der Waals surface area contributed by atoms with Gasteiger partial charge in [0.05, 0.1) is 23.8 Å². The van der Waals surface area contributed by atoms with E-state index >= 15 is 0 Å². The number of nitro groups is 1. The minimum absolute atomic E-state index is 0.0231. The molecule has 1 saturated carbocycles. The number of pyridine rings is 1. The quantitative estimate of drug-likeness (QED) is 0.255. The third-order valence-electron chi connectivity index (χ3n) is 5.62. The van der Waals surface area contributed by atoms with Gasteiger partial charge in [-0.25, -0.2) is 4.98 Å². The maximum Gasteiger partial charge on any atom is 0.331 e. The number of aromatic nitrogens is 3. The molecule has 3 heterocycles. The molecule has 31 heavy (non-hydrogen) atoms. The largest absolute Gasteiger partial charge is 0.473 e. The van der Waals surface area contributed by atoms with Crippen LogP contribution in [0.15, 0.2) is 18.3 Å². The molecule has 166 valence electrons. The van der Waals surface area contributed by atoms with Crippen LogP contribution < -0.4 is 15.0 Å². The average Bonchev–Trinajstić information content (AvgIpc) is 2.68. The molecule has 0 aromatic carbocycles. The van der Waals surface area contributed by atoms with Crippen LogP contribution in [0.1, 0.15) is 19.3 Å². The van der Waals surface area contributed by atoms with Crippen molar-refractivity contribution in [1.29, 1.82) is 0 Å². The van der Waals surface area contributed by atoms with Gasteiger partial charge in [-0.3, -0.25) is 10.1 Å². The van der Waals surface area contributed by atoms with Gasteiger partial charge in [-0.15, -0.1) is 0 Å². The first-order valence-corrected chi connectivity index (χ1v) is 10.6. The van der Waals surface area contributed by atoms with Crippen molar-refractivity contribution in [3.8, 4) is 5.88 Å². The van der Waals surface area contributed by atoms with E-state index in [2.05, 4.69) is 25.2 Å². The van der Waals surface area contributed by atoms with E-state index < -0.39 is 4.92 Å². The van der Waals surface area contributed by atoms with Gasteiger partial charge in [-0.05, 0) is 36.9 Å². The number of methoxy groups -OCH3 is 1. The van der Waals surface area contributed by atoms with Crippen LogP contribution in [0.3, 0.4) is 0 Å². The number of rotatable bonds is 9. The van der Waals surface area contributed by atoms with Crippen molar-refractivity contribution in [3.63, 3.8) is 0 Å². The number of ether oxygens (including phenoxy) is 2. The summed E-state index contributed by atoms with van der Waals surface area (Å²) in [5, 5.41) is 14.8. The number of halogens is 2. The van der Waals surface area contributed by atoms with Gasteiger partial charge in [0.25, 0.3) is 5.88 Å². The van der Waals surface area contributed by atoms with Crippen LogP contribution in [0.25, 0.3) is 0 Å². The lowest BCUT2D eigenvalue weighted by molar-refractivity contribution is -0.386. The van der Waals surface area contributed by atoms with E-state index in [4.69, 9.17) is 32.7 Å². The zero-order valence-electron chi connectivity index (χ0n) is 16.9. The van der Waals surface area contributed by atoms with E-state index in [0.717, 1.165) is 25.9 Å². The van der Waals surface area contributed by atoms with Crippen molar-refractivity contribution in [1.82, 2.24) is 15.0 Å². The Kier molecular flexibility index (Phi) is 6.31. The molecule has 2 aromatic rings. The number of nitrogens with zero attached hydrogens (tertiary/aromatic N) is 5. The molecule has 2 aliphatic rings. The van der Waals surface area contributed by atoms with Crippen LogP contribution in [0.4, 0.5) is 17.3 Å². The summed E-state index contributed by atoms with van der Waals surface area (Å²) in [6.45, 7) is 2.47. The topological polar surface area (TPSA) is 116 Å². The molecule has 1 aliphatic heterocycles. The van der Waals surface area contributed by atoms with Crippen LogP contribution in [-0.4, -0.2) is 59.3 Å². The van der Waals surface area contributed by atoms with Gasteiger partial charge >= 0.3 is 5.69 Å². The maximum absolute atomic E-state index is 11.4. The highest BCUT2D eigenvalue weighted by Crippen LogP contribution is 2.50. The standard InChI is InChI=1S/C19H22Cl2N6O4/c1-30-12-7-19(8-12)10-26(11-19)15-4-3-14(27(28)29)17(24-15)31-6-2-5-22-16-13(20)9-23-18(21)25-16/h3-4,9,12H,2,5-8,10-11H2,1H3,(H,22,23,25). The first kappa shape index (κ1) is 21.8. The normalized spacial score (nSPS) is 17.2. The molecule has 0 radical (unpaired) electrons. The minimum Gasteiger partial charge on any atom is -0.473 e. The van der Waals surface area contributed by atoms with Gasteiger partial charge in [-0.1, -0.05) is 11.6 Å². The number of nitrogens with one attached hydrogen (secondary N) is 1. The van der Waals surface area contributed by atoms with Crippen molar-refractivity contribution in [2.24, 2.45) is 5.41 Å². The maximum atomic E-state index is 11.4. The van der Waals surface area contributed by atoms with Gasteiger partial charge in [-0.2, -0.15) is 9.97 Å². The fourth-order valence-corrected chi connectivity index (χ4v) is 4.31. The average molecular weight is 469 g/mol. The Morgan fingerprint density at radius 2 is 2.10 bits per heavy atom. The Hall–Kier alpha value is -2.43. The highest BCUT2D eigenvalue weighted by Gasteiger charge is 2.53. The molecule has 0 bridgehead atoms. The Morgan fingerprint density at radius 3 is 2.81 bits per heavy atom. The van der Waals surface area contributed by atoms with Gasteiger partial charge in [0.1, 0.15) is 16.7 Å². The second kappa shape index (κ2) is 8.97.